The number of aliphatic carboxylic acids is 1. The van der Waals surface area contributed by atoms with Gasteiger partial charge >= 0.3 is 5.97 Å². The number of carboxylic acids is 1. The van der Waals surface area contributed by atoms with E-state index in [0.29, 0.717) is 23.1 Å². The molecule has 112 valence electrons. The molecule has 2 atom stereocenters. The Morgan fingerprint density at radius 1 is 1.29 bits per heavy atom. The summed E-state index contributed by atoms with van der Waals surface area (Å²) in [6.45, 7) is 5.85. The third kappa shape index (κ3) is 4.15. The fourth-order valence-corrected chi connectivity index (χ4v) is 2.79. The molecule has 1 aliphatic rings. The number of aromatic nitrogens is 1. The van der Waals surface area contributed by atoms with Crippen LogP contribution in [0.25, 0.3) is 6.08 Å². The Bertz CT molecular complexity index is 541. The number of rotatable bonds is 3. The van der Waals surface area contributed by atoms with E-state index >= 15 is 0 Å². The third-order valence-corrected chi connectivity index (χ3v) is 3.58. The zero-order chi connectivity index (χ0) is 15.4. The first-order chi connectivity index (χ1) is 9.95. The van der Waals surface area contributed by atoms with E-state index in [9.17, 15) is 9.59 Å². The highest BCUT2D eigenvalue weighted by Gasteiger charge is 2.26. The molecule has 0 aliphatic carbocycles. The average Bonchev–Trinajstić information content (AvgIpc) is 2.44. The van der Waals surface area contributed by atoms with Gasteiger partial charge < -0.3 is 10.0 Å². The average molecular weight is 288 g/mol. The smallest absolute Gasteiger partial charge is 0.328 e. The number of carbonyl (C=O) groups is 2. The number of likely N-dealkylation sites (tertiary alicyclic amines) is 1. The number of nitrogens with zero attached hydrogens (tertiary/aromatic N) is 2. The van der Waals surface area contributed by atoms with Crippen LogP contribution >= 0.6 is 0 Å². The van der Waals surface area contributed by atoms with Crippen molar-refractivity contribution in [2.75, 3.05) is 13.1 Å². The van der Waals surface area contributed by atoms with Gasteiger partial charge in [0.25, 0.3) is 5.91 Å². The van der Waals surface area contributed by atoms with Crippen molar-refractivity contribution in [2.24, 2.45) is 11.8 Å². The molecule has 1 saturated heterocycles. The standard InChI is InChI=1S/C16H20N2O3/c1-11-7-12(2)10-18(9-11)16(21)14-5-3-13(8-17-14)4-6-15(19)20/h3-6,8,11-12H,7,9-10H2,1-2H3,(H,19,20). The molecule has 1 aromatic rings. The highest BCUT2D eigenvalue weighted by atomic mass is 16.4. The van der Waals surface area contributed by atoms with Gasteiger partial charge in [0.05, 0.1) is 0 Å². The first kappa shape index (κ1) is 15.2. The molecule has 2 rings (SSSR count). The van der Waals surface area contributed by atoms with Crippen molar-refractivity contribution < 1.29 is 14.7 Å². The van der Waals surface area contributed by atoms with Gasteiger partial charge in [-0.05, 0) is 36.0 Å². The second-order valence-electron chi connectivity index (χ2n) is 5.80. The van der Waals surface area contributed by atoms with E-state index in [1.165, 1.54) is 12.3 Å². The van der Waals surface area contributed by atoms with E-state index in [1.807, 2.05) is 4.90 Å². The molecule has 0 aromatic carbocycles. The Morgan fingerprint density at radius 3 is 2.48 bits per heavy atom. The van der Waals surface area contributed by atoms with Gasteiger partial charge in [0, 0.05) is 25.4 Å². The lowest BCUT2D eigenvalue weighted by atomic mass is 9.92. The first-order valence-electron chi connectivity index (χ1n) is 7.12. The van der Waals surface area contributed by atoms with Crippen molar-refractivity contribution in [3.05, 3.63) is 35.7 Å². The minimum atomic E-state index is -1.01. The van der Waals surface area contributed by atoms with Gasteiger partial charge in [0.15, 0.2) is 0 Å². The Kier molecular flexibility index (Phi) is 4.73. The van der Waals surface area contributed by atoms with Crippen LogP contribution in [0.1, 0.15) is 36.3 Å². The van der Waals surface area contributed by atoms with Crippen LogP contribution in [-0.2, 0) is 4.79 Å². The van der Waals surface area contributed by atoms with Crippen molar-refractivity contribution in [3.8, 4) is 0 Å². The fraction of sp³-hybridized carbons (Fsp3) is 0.438. The Morgan fingerprint density at radius 2 is 1.95 bits per heavy atom. The van der Waals surface area contributed by atoms with Crippen LogP contribution in [0.15, 0.2) is 24.4 Å². The highest BCUT2D eigenvalue weighted by molar-refractivity contribution is 5.92. The lowest BCUT2D eigenvalue weighted by Crippen LogP contribution is -2.42. The van der Waals surface area contributed by atoms with Gasteiger partial charge in [-0.25, -0.2) is 4.79 Å². The van der Waals surface area contributed by atoms with Crippen LogP contribution in [-0.4, -0.2) is 40.0 Å². The van der Waals surface area contributed by atoms with Crippen LogP contribution in [0.5, 0.6) is 0 Å². The summed E-state index contributed by atoms with van der Waals surface area (Å²) in [7, 11) is 0. The number of carbonyl (C=O) groups excluding carboxylic acids is 1. The number of hydrogen-bond acceptors (Lipinski definition) is 3. The largest absolute Gasteiger partial charge is 0.478 e. The Labute approximate surface area is 124 Å². The van der Waals surface area contributed by atoms with Gasteiger partial charge in [-0.3, -0.25) is 9.78 Å². The molecule has 0 saturated carbocycles. The van der Waals surface area contributed by atoms with Gasteiger partial charge in [-0.2, -0.15) is 0 Å². The predicted molar refractivity (Wildman–Crippen MR) is 79.8 cm³/mol. The summed E-state index contributed by atoms with van der Waals surface area (Å²) in [4.78, 5) is 28.9. The maximum Gasteiger partial charge on any atom is 0.328 e. The van der Waals surface area contributed by atoms with Crippen molar-refractivity contribution in [3.63, 3.8) is 0 Å². The summed E-state index contributed by atoms with van der Waals surface area (Å²) in [5.74, 6) is -0.0421. The zero-order valence-corrected chi connectivity index (χ0v) is 12.3. The summed E-state index contributed by atoms with van der Waals surface area (Å²) in [6.07, 6.45) is 5.17. The lowest BCUT2D eigenvalue weighted by Gasteiger charge is -2.34. The second kappa shape index (κ2) is 6.52. The molecule has 1 fully saturated rings. The minimum Gasteiger partial charge on any atom is -0.478 e. The molecule has 21 heavy (non-hydrogen) atoms. The normalized spacial score (nSPS) is 22.5. The van der Waals surface area contributed by atoms with Crippen molar-refractivity contribution in [2.45, 2.75) is 20.3 Å². The van der Waals surface area contributed by atoms with Crippen LogP contribution in [0.2, 0.25) is 0 Å². The van der Waals surface area contributed by atoms with Crippen LogP contribution in [0.3, 0.4) is 0 Å². The van der Waals surface area contributed by atoms with E-state index in [4.69, 9.17) is 5.11 Å². The summed E-state index contributed by atoms with van der Waals surface area (Å²) < 4.78 is 0. The van der Waals surface area contributed by atoms with Crippen LogP contribution < -0.4 is 0 Å². The molecule has 2 heterocycles. The molecule has 0 spiro atoms. The minimum absolute atomic E-state index is 0.0536. The van der Waals surface area contributed by atoms with E-state index in [-0.39, 0.29) is 5.91 Å². The highest BCUT2D eigenvalue weighted by Crippen LogP contribution is 2.22. The second-order valence-corrected chi connectivity index (χ2v) is 5.80. The monoisotopic (exact) mass is 288 g/mol. The summed E-state index contributed by atoms with van der Waals surface area (Å²) in [5.41, 5.74) is 1.07. The number of carboxylic acid groups (broad SMARTS) is 1. The topological polar surface area (TPSA) is 70.5 Å². The zero-order valence-electron chi connectivity index (χ0n) is 12.3. The summed E-state index contributed by atoms with van der Waals surface area (Å²) in [6, 6.07) is 3.35. The van der Waals surface area contributed by atoms with E-state index in [0.717, 1.165) is 25.6 Å². The van der Waals surface area contributed by atoms with Gasteiger partial charge in [-0.15, -0.1) is 0 Å². The van der Waals surface area contributed by atoms with Crippen molar-refractivity contribution in [1.82, 2.24) is 9.88 Å². The summed E-state index contributed by atoms with van der Waals surface area (Å²) in [5, 5.41) is 8.57. The van der Waals surface area contributed by atoms with Crippen molar-refractivity contribution in [1.29, 1.82) is 0 Å². The molecule has 1 N–H and O–H groups in total. The number of piperidine rings is 1. The van der Waals surface area contributed by atoms with Crippen LogP contribution in [0.4, 0.5) is 0 Å². The molecular formula is C16H20N2O3. The molecule has 5 nitrogen and oxygen atoms in total. The number of amides is 1. The molecule has 2 unspecified atom stereocenters. The predicted octanol–water partition coefficient (Wildman–Crippen LogP) is 2.30. The SMILES string of the molecule is CC1CC(C)CN(C(=O)c2ccc(C=CC(=O)O)cn2)C1. The molecular weight excluding hydrogens is 268 g/mol. The lowest BCUT2D eigenvalue weighted by molar-refractivity contribution is -0.131. The van der Waals surface area contributed by atoms with E-state index in [1.54, 1.807) is 12.1 Å². The summed E-state index contributed by atoms with van der Waals surface area (Å²) >= 11 is 0. The van der Waals surface area contributed by atoms with E-state index < -0.39 is 5.97 Å². The molecule has 1 aromatic heterocycles. The molecule has 0 radical (unpaired) electrons. The molecule has 1 aliphatic heterocycles. The number of pyridine rings is 1. The molecule has 1 amide bonds. The maximum absolute atomic E-state index is 12.4. The molecule has 0 bridgehead atoms. The van der Waals surface area contributed by atoms with Crippen molar-refractivity contribution >= 4 is 18.0 Å². The van der Waals surface area contributed by atoms with Gasteiger partial charge in [0.1, 0.15) is 5.69 Å². The number of hydrogen-bond donors (Lipinski definition) is 1. The third-order valence-electron chi connectivity index (χ3n) is 3.58. The first-order valence-corrected chi connectivity index (χ1v) is 7.12. The molecule has 5 heteroatoms. The van der Waals surface area contributed by atoms with Gasteiger partial charge in [0.2, 0.25) is 0 Å². The van der Waals surface area contributed by atoms with Gasteiger partial charge in [-0.1, -0.05) is 19.9 Å². The maximum atomic E-state index is 12.4. The fourth-order valence-electron chi connectivity index (χ4n) is 2.79. The van der Waals surface area contributed by atoms with Crippen LogP contribution in [0, 0.1) is 11.8 Å². The Balaban J connectivity index is 2.07. The van der Waals surface area contributed by atoms with E-state index in [2.05, 4.69) is 18.8 Å². The quantitative estimate of drug-likeness (QED) is 0.866. The Hall–Kier alpha value is -2.17.